The van der Waals surface area contributed by atoms with Crippen molar-refractivity contribution in [2.45, 2.75) is 37.5 Å². The molecule has 0 unspecified atom stereocenters. The molecular formula is C12H14BrClS. The minimum Gasteiger partial charge on any atom is -0.124 e. The summed E-state index contributed by atoms with van der Waals surface area (Å²) >= 11 is 11.8. The van der Waals surface area contributed by atoms with Gasteiger partial charge in [0.05, 0.1) is 5.02 Å². The summed E-state index contributed by atoms with van der Waals surface area (Å²) in [5, 5.41) is 0.889. The van der Waals surface area contributed by atoms with Gasteiger partial charge in [-0.15, -0.1) is 11.8 Å². The molecule has 0 saturated carbocycles. The molecule has 1 aliphatic heterocycles. The quantitative estimate of drug-likeness (QED) is 0.636. The number of halogens is 2. The molecule has 0 bridgehead atoms. The minimum absolute atomic E-state index is 0.248. The Morgan fingerprint density at radius 3 is 2.80 bits per heavy atom. The zero-order chi connectivity index (χ0) is 11.2. The van der Waals surface area contributed by atoms with Gasteiger partial charge in [0.15, 0.2) is 0 Å². The Bertz CT molecular complexity index is 413. The number of hydrogen-bond donors (Lipinski definition) is 0. The summed E-state index contributed by atoms with van der Waals surface area (Å²) in [5.41, 5.74) is 3.02. The van der Waals surface area contributed by atoms with Crippen LogP contribution in [-0.4, -0.2) is 5.75 Å². The van der Waals surface area contributed by atoms with Gasteiger partial charge in [0, 0.05) is 9.37 Å². The summed E-state index contributed by atoms with van der Waals surface area (Å²) in [7, 11) is 0. The van der Waals surface area contributed by atoms with Crippen LogP contribution in [-0.2, 0) is 5.41 Å². The summed E-state index contributed by atoms with van der Waals surface area (Å²) < 4.78 is 1.13. The molecule has 2 rings (SSSR count). The molecule has 1 aromatic carbocycles. The van der Waals surface area contributed by atoms with Gasteiger partial charge in [-0.3, -0.25) is 0 Å². The molecule has 0 radical (unpaired) electrons. The third kappa shape index (κ3) is 1.96. The van der Waals surface area contributed by atoms with Crippen molar-refractivity contribution in [3.8, 4) is 0 Å². The van der Waals surface area contributed by atoms with Crippen molar-refractivity contribution in [1.82, 2.24) is 0 Å². The van der Waals surface area contributed by atoms with E-state index in [9.17, 15) is 0 Å². The summed E-state index contributed by atoms with van der Waals surface area (Å²) in [5.74, 6) is 1.17. The van der Waals surface area contributed by atoms with Gasteiger partial charge in [0.2, 0.25) is 0 Å². The molecule has 0 amide bonds. The Labute approximate surface area is 109 Å². The SMILES string of the molecule is Cc1c(Br)cc(Cl)c2c1C(C)(C)CCS2. The lowest BCUT2D eigenvalue weighted by Gasteiger charge is -2.34. The highest BCUT2D eigenvalue weighted by molar-refractivity contribution is 9.10. The second-order valence-electron chi connectivity index (χ2n) is 4.65. The van der Waals surface area contributed by atoms with Crippen LogP contribution in [0.2, 0.25) is 5.02 Å². The lowest BCUT2D eigenvalue weighted by atomic mass is 9.79. The minimum atomic E-state index is 0.248. The highest BCUT2D eigenvalue weighted by atomic mass is 79.9. The summed E-state index contributed by atoms with van der Waals surface area (Å²) in [6.07, 6.45) is 1.22. The Balaban J connectivity index is 2.74. The summed E-state index contributed by atoms with van der Waals surface area (Å²) in [6, 6.07) is 2.02. The highest BCUT2D eigenvalue weighted by Gasteiger charge is 2.31. The smallest absolute Gasteiger partial charge is 0.0556 e. The Morgan fingerprint density at radius 2 is 2.13 bits per heavy atom. The van der Waals surface area contributed by atoms with E-state index in [1.807, 2.05) is 17.8 Å². The maximum absolute atomic E-state index is 6.30. The van der Waals surface area contributed by atoms with Crippen LogP contribution in [0.25, 0.3) is 0 Å². The van der Waals surface area contributed by atoms with Gasteiger partial charge in [-0.1, -0.05) is 41.4 Å². The number of benzene rings is 1. The zero-order valence-electron chi connectivity index (χ0n) is 9.16. The van der Waals surface area contributed by atoms with Crippen molar-refractivity contribution < 1.29 is 0 Å². The number of hydrogen-bond acceptors (Lipinski definition) is 1. The van der Waals surface area contributed by atoms with Crippen LogP contribution in [0.1, 0.15) is 31.4 Å². The average Bonchev–Trinajstić information content (AvgIpc) is 2.13. The van der Waals surface area contributed by atoms with E-state index in [4.69, 9.17) is 11.6 Å². The van der Waals surface area contributed by atoms with E-state index in [0.717, 1.165) is 9.50 Å². The first-order valence-electron chi connectivity index (χ1n) is 5.05. The first kappa shape index (κ1) is 11.8. The largest absolute Gasteiger partial charge is 0.124 e. The molecule has 82 valence electrons. The standard InChI is InChI=1S/C12H14BrClS/c1-7-8(13)6-9(14)11-10(7)12(2,3)4-5-15-11/h6H,4-5H2,1-3H3. The first-order chi connectivity index (χ1) is 6.93. The monoisotopic (exact) mass is 304 g/mol. The third-order valence-electron chi connectivity index (χ3n) is 3.08. The van der Waals surface area contributed by atoms with Crippen LogP contribution >= 0.6 is 39.3 Å². The van der Waals surface area contributed by atoms with Crippen LogP contribution < -0.4 is 0 Å². The van der Waals surface area contributed by atoms with Gasteiger partial charge in [-0.25, -0.2) is 0 Å². The fraction of sp³-hybridized carbons (Fsp3) is 0.500. The highest BCUT2D eigenvalue weighted by Crippen LogP contribution is 2.48. The lowest BCUT2D eigenvalue weighted by Crippen LogP contribution is -2.24. The van der Waals surface area contributed by atoms with Crippen LogP contribution in [0.5, 0.6) is 0 Å². The molecule has 3 heteroatoms. The second kappa shape index (κ2) is 3.97. The van der Waals surface area contributed by atoms with Gasteiger partial charge >= 0.3 is 0 Å². The van der Waals surface area contributed by atoms with Crippen molar-refractivity contribution in [2.75, 3.05) is 5.75 Å². The Kier molecular flexibility index (Phi) is 3.13. The molecule has 0 saturated heterocycles. The lowest BCUT2D eigenvalue weighted by molar-refractivity contribution is 0.490. The third-order valence-corrected chi connectivity index (χ3v) is 5.44. The van der Waals surface area contributed by atoms with Gasteiger partial charge in [0.25, 0.3) is 0 Å². The fourth-order valence-electron chi connectivity index (χ4n) is 2.18. The molecule has 0 nitrogen and oxygen atoms in total. The molecule has 1 aliphatic rings. The normalized spacial score (nSPS) is 18.7. The molecular weight excluding hydrogens is 292 g/mol. The molecule has 0 aromatic heterocycles. The van der Waals surface area contributed by atoms with Gasteiger partial charge in [0.1, 0.15) is 0 Å². The maximum atomic E-state index is 6.30. The second-order valence-corrected chi connectivity index (χ2v) is 7.02. The van der Waals surface area contributed by atoms with Crippen LogP contribution in [0.3, 0.4) is 0 Å². The van der Waals surface area contributed by atoms with Crippen molar-refractivity contribution >= 4 is 39.3 Å². The van der Waals surface area contributed by atoms with E-state index >= 15 is 0 Å². The average molecular weight is 306 g/mol. The van der Waals surface area contributed by atoms with Crippen molar-refractivity contribution in [2.24, 2.45) is 0 Å². The fourth-order valence-corrected chi connectivity index (χ4v) is 4.70. The van der Waals surface area contributed by atoms with Crippen molar-refractivity contribution in [1.29, 1.82) is 0 Å². The molecule has 0 N–H and O–H groups in total. The molecule has 15 heavy (non-hydrogen) atoms. The molecule has 0 fully saturated rings. The first-order valence-corrected chi connectivity index (χ1v) is 7.21. The summed E-state index contributed by atoms with van der Waals surface area (Å²) in [4.78, 5) is 1.29. The maximum Gasteiger partial charge on any atom is 0.0556 e. The van der Waals surface area contributed by atoms with E-state index in [-0.39, 0.29) is 5.41 Å². The molecule has 0 atom stereocenters. The van der Waals surface area contributed by atoms with Crippen LogP contribution in [0, 0.1) is 6.92 Å². The van der Waals surface area contributed by atoms with E-state index in [1.165, 1.54) is 28.2 Å². The molecule has 1 heterocycles. The van der Waals surface area contributed by atoms with Crippen molar-refractivity contribution in [3.63, 3.8) is 0 Å². The molecule has 0 spiro atoms. The predicted octanol–water partition coefficient (Wildman–Crippen LogP) is 5.18. The van der Waals surface area contributed by atoms with Gasteiger partial charge < -0.3 is 0 Å². The van der Waals surface area contributed by atoms with Gasteiger partial charge in [-0.2, -0.15) is 0 Å². The van der Waals surface area contributed by atoms with Crippen LogP contribution in [0.4, 0.5) is 0 Å². The van der Waals surface area contributed by atoms with E-state index in [2.05, 4.69) is 36.7 Å². The Hall–Kier alpha value is 0.340. The summed E-state index contributed by atoms with van der Waals surface area (Å²) in [6.45, 7) is 6.79. The molecule has 0 aliphatic carbocycles. The Morgan fingerprint density at radius 1 is 1.47 bits per heavy atom. The van der Waals surface area contributed by atoms with E-state index in [0.29, 0.717) is 0 Å². The zero-order valence-corrected chi connectivity index (χ0v) is 12.3. The molecule has 1 aromatic rings. The van der Waals surface area contributed by atoms with Crippen LogP contribution in [0.15, 0.2) is 15.4 Å². The van der Waals surface area contributed by atoms with E-state index in [1.54, 1.807) is 0 Å². The predicted molar refractivity (Wildman–Crippen MR) is 72.3 cm³/mol. The number of rotatable bonds is 0. The number of fused-ring (bicyclic) bond motifs is 1. The topological polar surface area (TPSA) is 0 Å². The number of thioether (sulfide) groups is 1. The van der Waals surface area contributed by atoms with Crippen molar-refractivity contribution in [3.05, 3.63) is 26.7 Å². The van der Waals surface area contributed by atoms with E-state index < -0.39 is 0 Å². The van der Waals surface area contributed by atoms with Gasteiger partial charge in [-0.05, 0) is 41.7 Å².